The molecule has 3 heterocycles. The number of carboxylic acid groups (broad SMARTS) is 1. The molecule has 0 bridgehead atoms. The molecule has 0 aliphatic heterocycles. The lowest BCUT2D eigenvalue weighted by atomic mass is 9.93. The van der Waals surface area contributed by atoms with Crippen LogP contribution < -0.4 is 0 Å². The fourth-order valence-electron chi connectivity index (χ4n) is 5.01. The first-order valence-electron chi connectivity index (χ1n) is 14.4. The van der Waals surface area contributed by atoms with E-state index >= 15 is 0 Å². The highest BCUT2D eigenvalue weighted by Gasteiger charge is 2.20. The number of nitrogens with zero attached hydrogens (tertiary/aromatic N) is 4. The number of rotatable bonds is 6. The maximum Gasteiger partial charge on any atom is 0.307 e. The highest BCUT2D eigenvalue weighted by Crippen LogP contribution is 2.41. The molecule has 0 unspecified atom stereocenters. The Hall–Kier alpha value is -4.11. The Morgan fingerprint density at radius 2 is 1.68 bits per heavy atom. The molecule has 0 saturated carbocycles. The Kier molecular flexibility index (Phi) is 8.88. The fourth-order valence-corrected chi connectivity index (χ4v) is 6.27. The molecule has 0 aliphatic rings. The first-order valence-corrected chi connectivity index (χ1v) is 15.5. The van der Waals surface area contributed by atoms with Gasteiger partial charge in [-0.15, -0.1) is 11.3 Å². The third-order valence-electron chi connectivity index (χ3n) is 6.86. The number of aryl methyl sites for hydroxylation is 1. The molecule has 226 valence electrons. The van der Waals surface area contributed by atoms with E-state index in [4.69, 9.17) is 21.7 Å². The lowest BCUT2D eigenvalue weighted by molar-refractivity contribution is -0.136. The van der Waals surface area contributed by atoms with E-state index in [2.05, 4.69) is 48.2 Å². The van der Waals surface area contributed by atoms with Crippen LogP contribution in [-0.4, -0.2) is 41.5 Å². The van der Waals surface area contributed by atoms with Crippen molar-refractivity contribution >= 4 is 50.0 Å². The number of carbonyl (C=O) groups is 1. The van der Waals surface area contributed by atoms with Crippen LogP contribution in [0.2, 0.25) is 5.02 Å². The summed E-state index contributed by atoms with van der Waals surface area (Å²) < 4.78 is 2.97. The molecule has 44 heavy (non-hydrogen) atoms. The van der Waals surface area contributed by atoms with Crippen molar-refractivity contribution in [1.82, 2.24) is 19.7 Å². The number of aromatic nitrogens is 4. The van der Waals surface area contributed by atoms with E-state index < -0.39 is 11.6 Å². The van der Waals surface area contributed by atoms with E-state index in [0.717, 1.165) is 65.2 Å². The topological polar surface area (TPSA) is 101 Å². The summed E-state index contributed by atoms with van der Waals surface area (Å²) in [6.45, 7) is 11.4. The Morgan fingerprint density at radius 3 is 2.34 bits per heavy atom. The van der Waals surface area contributed by atoms with Crippen LogP contribution in [0.4, 0.5) is 0 Å². The molecule has 6 rings (SSSR count). The molecule has 7 nitrogen and oxygen atoms in total. The van der Waals surface area contributed by atoms with Gasteiger partial charge in [0, 0.05) is 39.3 Å². The zero-order valence-electron chi connectivity index (χ0n) is 25.6. The molecular formula is C35H35ClN4O3S. The number of hydrogen-bond acceptors (Lipinski definition) is 6. The second-order valence-electron chi connectivity index (χ2n) is 12.0. The van der Waals surface area contributed by atoms with Gasteiger partial charge in [-0.2, -0.15) is 5.10 Å². The van der Waals surface area contributed by atoms with Gasteiger partial charge in [-0.05, 0) is 101 Å². The van der Waals surface area contributed by atoms with E-state index in [1.165, 1.54) is 0 Å². The van der Waals surface area contributed by atoms with E-state index in [1.54, 1.807) is 38.3 Å². The van der Waals surface area contributed by atoms with Crippen LogP contribution in [0.25, 0.3) is 54.1 Å². The molecule has 0 fully saturated rings. The lowest BCUT2D eigenvalue weighted by Gasteiger charge is -2.13. The minimum absolute atomic E-state index is 0.0672. The van der Waals surface area contributed by atoms with E-state index in [-0.39, 0.29) is 12.5 Å². The molecule has 3 aromatic heterocycles. The number of thiazole rings is 1. The summed E-state index contributed by atoms with van der Waals surface area (Å²) in [6.07, 6.45) is 3.63. The minimum Gasteiger partial charge on any atom is -0.481 e. The standard InChI is InChI=1S/C31H25ClN4O2S.C4H10O/c1-17(2)36-27-9-6-20(13-22(27)16-34-36)25-14-21(10-11-33-25)31-35-26-12-18(3)24(15-28(37)38)29(30(26)39-31)19-4-7-23(32)8-5-19;1-4(2,3)5/h4-14,16-17H,15H2,1-3H3,(H,37,38);5H,1-3H3. The van der Waals surface area contributed by atoms with Gasteiger partial charge >= 0.3 is 5.97 Å². The molecule has 0 saturated heterocycles. The molecule has 2 N–H and O–H groups in total. The number of hydrogen-bond donors (Lipinski definition) is 2. The number of halogens is 1. The van der Waals surface area contributed by atoms with Crippen LogP contribution in [-0.2, 0) is 11.2 Å². The third-order valence-corrected chi connectivity index (χ3v) is 8.25. The predicted molar refractivity (Wildman–Crippen MR) is 180 cm³/mol. The lowest BCUT2D eigenvalue weighted by Crippen LogP contribution is -2.10. The smallest absolute Gasteiger partial charge is 0.307 e. The molecule has 0 amide bonds. The largest absolute Gasteiger partial charge is 0.481 e. The van der Waals surface area contributed by atoms with Gasteiger partial charge in [0.1, 0.15) is 5.01 Å². The highest BCUT2D eigenvalue weighted by atomic mass is 35.5. The summed E-state index contributed by atoms with van der Waals surface area (Å²) in [4.78, 5) is 21.4. The number of aliphatic hydroxyl groups is 1. The second kappa shape index (κ2) is 12.5. The van der Waals surface area contributed by atoms with Crippen LogP contribution in [0.1, 0.15) is 51.8 Å². The van der Waals surface area contributed by atoms with Crippen molar-refractivity contribution in [2.45, 2.75) is 59.6 Å². The van der Waals surface area contributed by atoms with Gasteiger partial charge in [-0.3, -0.25) is 14.5 Å². The van der Waals surface area contributed by atoms with Crippen LogP contribution in [0.3, 0.4) is 0 Å². The van der Waals surface area contributed by atoms with Gasteiger partial charge in [0.2, 0.25) is 0 Å². The van der Waals surface area contributed by atoms with Crippen LogP contribution in [0.15, 0.2) is 73.1 Å². The third kappa shape index (κ3) is 6.99. The van der Waals surface area contributed by atoms with Gasteiger partial charge < -0.3 is 10.2 Å². The number of aliphatic carboxylic acids is 1. The highest BCUT2D eigenvalue weighted by molar-refractivity contribution is 7.22. The molecule has 0 spiro atoms. The fraction of sp³-hybridized carbons (Fsp3) is 0.257. The predicted octanol–water partition coefficient (Wildman–Crippen LogP) is 8.99. The zero-order chi connectivity index (χ0) is 31.8. The summed E-state index contributed by atoms with van der Waals surface area (Å²) in [7, 11) is 0. The average molecular weight is 627 g/mol. The summed E-state index contributed by atoms with van der Waals surface area (Å²) >= 11 is 7.72. The van der Waals surface area contributed by atoms with Crippen molar-refractivity contribution in [3.8, 4) is 33.0 Å². The summed E-state index contributed by atoms with van der Waals surface area (Å²) in [5, 5.41) is 25.3. The van der Waals surface area contributed by atoms with Crippen molar-refractivity contribution in [1.29, 1.82) is 0 Å². The van der Waals surface area contributed by atoms with Crippen molar-refractivity contribution in [3.63, 3.8) is 0 Å². The van der Waals surface area contributed by atoms with Gasteiger partial charge in [0.25, 0.3) is 0 Å². The zero-order valence-corrected chi connectivity index (χ0v) is 27.2. The molecular weight excluding hydrogens is 592 g/mol. The van der Waals surface area contributed by atoms with Crippen molar-refractivity contribution < 1.29 is 15.0 Å². The molecule has 6 aromatic rings. The molecule has 3 aromatic carbocycles. The number of carboxylic acids is 1. The van der Waals surface area contributed by atoms with E-state index in [9.17, 15) is 9.90 Å². The maximum absolute atomic E-state index is 11.8. The SMILES string of the molecule is CC(C)(C)O.Cc1cc2nc(-c3ccnc(-c4ccc5c(cnn5C(C)C)c4)c3)sc2c(-c2ccc(Cl)cc2)c1CC(=O)O. The Labute approximate surface area is 265 Å². The summed E-state index contributed by atoms with van der Waals surface area (Å²) in [5.74, 6) is -0.868. The van der Waals surface area contributed by atoms with Gasteiger partial charge in [0.15, 0.2) is 0 Å². The quantitative estimate of drug-likeness (QED) is 0.191. The van der Waals surface area contributed by atoms with Gasteiger partial charge in [0.05, 0.1) is 39.6 Å². The first-order chi connectivity index (χ1) is 20.8. The van der Waals surface area contributed by atoms with Crippen molar-refractivity contribution in [2.24, 2.45) is 0 Å². The number of fused-ring (bicyclic) bond motifs is 2. The normalized spacial score (nSPS) is 11.7. The molecule has 0 aliphatic carbocycles. The Bertz CT molecular complexity index is 1960. The van der Waals surface area contributed by atoms with E-state index in [0.29, 0.717) is 5.02 Å². The van der Waals surface area contributed by atoms with Crippen LogP contribution in [0.5, 0.6) is 0 Å². The van der Waals surface area contributed by atoms with Crippen LogP contribution in [0, 0.1) is 6.92 Å². The molecule has 9 heteroatoms. The Balaban J connectivity index is 0.000000712. The second-order valence-corrected chi connectivity index (χ2v) is 13.5. The summed E-state index contributed by atoms with van der Waals surface area (Å²) in [5.41, 5.74) is 7.77. The van der Waals surface area contributed by atoms with Crippen molar-refractivity contribution in [3.05, 3.63) is 89.2 Å². The maximum atomic E-state index is 11.8. The molecule has 0 radical (unpaired) electrons. The van der Waals surface area contributed by atoms with Gasteiger partial charge in [-0.1, -0.05) is 29.8 Å². The van der Waals surface area contributed by atoms with E-state index in [1.807, 2.05) is 54.2 Å². The minimum atomic E-state index is -0.868. The first kappa shape index (κ1) is 31.3. The monoisotopic (exact) mass is 626 g/mol. The number of pyridine rings is 1. The van der Waals surface area contributed by atoms with Gasteiger partial charge in [-0.25, -0.2) is 4.98 Å². The summed E-state index contributed by atoms with van der Waals surface area (Å²) in [6, 6.07) is 20.1. The molecule has 0 atom stereocenters. The Morgan fingerprint density at radius 1 is 1.00 bits per heavy atom. The van der Waals surface area contributed by atoms with Crippen molar-refractivity contribution in [2.75, 3.05) is 0 Å². The average Bonchev–Trinajstić information content (AvgIpc) is 3.57. The van der Waals surface area contributed by atoms with Crippen LogP contribution >= 0.6 is 22.9 Å². The number of benzene rings is 3.